The molecular formula is C18H39N5O4S. The van der Waals surface area contributed by atoms with Crippen molar-refractivity contribution in [2.45, 2.75) is 72.4 Å². The Balaban J connectivity index is 4.95. The lowest BCUT2D eigenvalue weighted by Crippen LogP contribution is -2.52. The lowest BCUT2D eigenvalue weighted by atomic mass is 9.93. The highest BCUT2D eigenvalue weighted by Gasteiger charge is 2.30. The number of carbonyl (C=O) groups is 1. The third-order valence-corrected chi connectivity index (χ3v) is 5.53. The van der Waals surface area contributed by atoms with E-state index < -0.39 is 27.3 Å². The molecule has 0 saturated heterocycles. The van der Waals surface area contributed by atoms with Crippen molar-refractivity contribution in [1.29, 1.82) is 0 Å². The van der Waals surface area contributed by atoms with Gasteiger partial charge in [0.25, 0.3) is 0 Å². The SMILES string of the molecule is CCNC(=NCC(CC)(CC)NC(=O)OC(C)(C)C)NCCNS(=O)(=O)CC. The number of amides is 1. The van der Waals surface area contributed by atoms with Crippen LogP contribution in [0.1, 0.15) is 61.3 Å². The molecule has 0 aromatic rings. The van der Waals surface area contributed by atoms with E-state index in [0.29, 0.717) is 38.4 Å². The molecule has 0 aliphatic heterocycles. The van der Waals surface area contributed by atoms with E-state index in [2.05, 4.69) is 25.7 Å². The summed E-state index contributed by atoms with van der Waals surface area (Å²) in [5.74, 6) is 0.614. The van der Waals surface area contributed by atoms with E-state index in [0.717, 1.165) is 0 Å². The van der Waals surface area contributed by atoms with Crippen LogP contribution in [0, 0.1) is 0 Å². The number of carbonyl (C=O) groups excluding carboxylic acids is 1. The Morgan fingerprint density at radius 3 is 2.07 bits per heavy atom. The Bertz CT molecular complexity index is 596. The van der Waals surface area contributed by atoms with Gasteiger partial charge >= 0.3 is 6.09 Å². The Hall–Kier alpha value is -1.55. The van der Waals surface area contributed by atoms with Crippen LogP contribution in [0.2, 0.25) is 0 Å². The molecule has 10 heteroatoms. The van der Waals surface area contributed by atoms with E-state index in [4.69, 9.17) is 4.74 Å². The summed E-state index contributed by atoms with van der Waals surface area (Å²) >= 11 is 0. The summed E-state index contributed by atoms with van der Waals surface area (Å²) in [4.78, 5) is 16.8. The maximum absolute atomic E-state index is 12.2. The Morgan fingerprint density at radius 1 is 1.00 bits per heavy atom. The summed E-state index contributed by atoms with van der Waals surface area (Å²) in [5, 5.41) is 9.19. The first-order chi connectivity index (χ1) is 12.9. The quantitative estimate of drug-likeness (QED) is 0.228. The molecule has 0 fully saturated rings. The van der Waals surface area contributed by atoms with Crippen molar-refractivity contribution in [1.82, 2.24) is 20.7 Å². The maximum Gasteiger partial charge on any atom is 0.408 e. The molecule has 9 nitrogen and oxygen atoms in total. The van der Waals surface area contributed by atoms with Crippen molar-refractivity contribution in [2.24, 2.45) is 4.99 Å². The van der Waals surface area contributed by atoms with Crippen LogP contribution >= 0.6 is 0 Å². The number of nitrogens with one attached hydrogen (secondary N) is 4. The van der Waals surface area contributed by atoms with Crippen LogP contribution in [-0.4, -0.2) is 63.5 Å². The summed E-state index contributed by atoms with van der Waals surface area (Å²) in [6.45, 7) is 14.7. The van der Waals surface area contributed by atoms with Crippen molar-refractivity contribution >= 4 is 22.1 Å². The van der Waals surface area contributed by atoms with Crippen LogP contribution in [0.3, 0.4) is 0 Å². The van der Waals surface area contributed by atoms with Gasteiger partial charge in [-0.15, -0.1) is 0 Å². The topological polar surface area (TPSA) is 121 Å². The molecule has 0 aromatic heterocycles. The molecule has 0 radical (unpaired) electrons. The highest BCUT2D eigenvalue weighted by atomic mass is 32.2. The first-order valence-corrected chi connectivity index (χ1v) is 11.6. The number of hydrogen-bond donors (Lipinski definition) is 4. The normalized spacial score (nSPS) is 13.2. The third kappa shape index (κ3) is 11.3. The number of ether oxygens (including phenoxy) is 1. The van der Waals surface area contributed by atoms with Crippen LogP contribution in [0.25, 0.3) is 0 Å². The molecule has 4 N–H and O–H groups in total. The molecule has 166 valence electrons. The molecule has 0 aromatic carbocycles. The molecule has 0 aliphatic carbocycles. The number of guanidine groups is 1. The van der Waals surface area contributed by atoms with E-state index in [-0.39, 0.29) is 12.3 Å². The predicted molar refractivity (Wildman–Crippen MR) is 114 cm³/mol. The zero-order chi connectivity index (χ0) is 21.8. The fraction of sp³-hybridized carbons (Fsp3) is 0.889. The van der Waals surface area contributed by atoms with Gasteiger partial charge < -0.3 is 20.7 Å². The fourth-order valence-corrected chi connectivity index (χ4v) is 2.89. The fourth-order valence-electron chi connectivity index (χ4n) is 2.27. The molecule has 1 amide bonds. The zero-order valence-electron chi connectivity index (χ0n) is 18.4. The second-order valence-electron chi connectivity index (χ2n) is 7.53. The van der Waals surface area contributed by atoms with Gasteiger partial charge in [-0.05, 0) is 47.5 Å². The Kier molecular flexibility index (Phi) is 11.4. The van der Waals surface area contributed by atoms with E-state index in [1.165, 1.54) is 0 Å². The van der Waals surface area contributed by atoms with E-state index in [1.807, 2.05) is 41.5 Å². The molecule has 28 heavy (non-hydrogen) atoms. The van der Waals surface area contributed by atoms with Crippen molar-refractivity contribution < 1.29 is 17.9 Å². The molecule has 0 rings (SSSR count). The molecule has 0 bridgehead atoms. The first-order valence-electron chi connectivity index (χ1n) is 9.93. The number of aliphatic imine (C=N–C) groups is 1. The Morgan fingerprint density at radius 2 is 1.61 bits per heavy atom. The van der Waals surface area contributed by atoms with Crippen molar-refractivity contribution in [2.75, 3.05) is 31.9 Å². The van der Waals surface area contributed by atoms with Gasteiger partial charge in [-0.1, -0.05) is 13.8 Å². The highest BCUT2D eigenvalue weighted by Crippen LogP contribution is 2.17. The second kappa shape index (κ2) is 12.1. The number of hydrogen-bond acceptors (Lipinski definition) is 5. The van der Waals surface area contributed by atoms with Gasteiger partial charge in [0.2, 0.25) is 10.0 Å². The summed E-state index contributed by atoms with van der Waals surface area (Å²) < 4.78 is 30.8. The lowest BCUT2D eigenvalue weighted by molar-refractivity contribution is 0.0452. The second-order valence-corrected chi connectivity index (χ2v) is 9.63. The van der Waals surface area contributed by atoms with Crippen LogP contribution in [0.15, 0.2) is 4.99 Å². The molecule has 0 heterocycles. The van der Waals surface area contributed by atoms with Crippen molar-refractivity contribution in [3.8, 4) is 0 Å². The minimum absolute atomic E-state index is 0.0486. The predicted octanol–water partition coefficient (Wildman–Crippen LogP) is 1.56. The minimum Gasteiger partial charge on any atom is -0.444 e. The van der Waals surface area contributed by atoms with Gasteiger partial charge in [0, 0.05) is 19.6 Å². The van der Waals surface area contributed by atoms with Crippen LogP contribution in [0.5, 0.6) is 0 Å². The third-order valence-electron chi connectivity index (χ3n) is 4.12. The molecule has 0 aliphatic rings. The Labute approximate surface area is 170 Å². The zero-order valence-corrected chi connectivity index (χ0v) is 19.3. The maximum atomic E-state index is 12.2. The summed E-state index contributed by atoms with van der Waals surface area (Å²) in [7, 11) is -3.21. The molecular weight excluding hydrogens is 382 g/mol. The van der Waals surface area contributed by atoms with Crippen LogP contribution in [-0.2, 0) is 14.8 Å². The minimum atomic E-state index is -3.21. The van der Waals surface area contributed by atoms with Gasteiger partial charge in [-0.2, -0.15) is 0 Å². The van der Waals surface area contributed by atoms with Crippen LogP contribution < -0.4 is 20.7 Å². The van der Waals surface area contributed by atoms with Gasteiger partial charge in [-0.25, -0.2) is 17.9 Å². The van der Waals surface area contributed by atoms with Crippen molar-refractivity contribution in [3.63, 3.8) is 0 Å². The molecule has 0 spiro atoms. The average molecular weight is 422 g/mol. The smallest absolute Gasteiger partial charge is 0.408 e. The average Bonchev–Trinajstić information content (AvgIpc) is 2.60. The number of rotatable bonds is 11. The molecule has 0 atom stereocenters. The number of nitrogens with zero attached hydrogens (tertiary/aromatic N) is 1. The highest BCUT2D eigenvalue weighted by molar-refractivity contribution is 7.89. The largest absolute Gasteiger partial charge is 0.444 e. The molecule has 0 saturated carbocycles. The van der Waals surface area contributed by atoms with Crippen LogP contribution in [0.4, 0.5) is 4.79 Å². The van der Waals surface area contributed by atoms with E-state index in [9.17, 15) is 13.2 Å². The lowest BCUT2D eigenvalue weighted by Gasteiger charge is -2.32. The summed E-state index contributed by atoms with van der Waals surface area (Å²) in [6, 6.07) is 0. The van der Waals surface area contributed by atoms with E-state index in [1.54, 1.807) is 6.92 Å². The van der Waals surface area contributed by atoms with Crippen molar-refractivity contribution in [3.05, 3.63) is 0 Å². The van der Waals surface area contributed by atoms with Gasteiger partial charge in [-0.3, -0.25) is 4.99 Å². The van der Waals surface area contributed by atoms with Gasteiger partial charge in [0.15, 0.2) is 5.96 Å². The summed E-state index contributed by atoms with van der Waals surface area (Å²) in [5.41, 5.74) is -1.09. The monoisotopic (exact) mass is 421 g/mol. The van der Waals surface area contributed by atoms with Gasteiger partial charge in [0.05, 0.1) is 17.8 Å². The molecule has 0 unspecified atom stereocenters. The first kappa shape index (κ1) is 26.4. The standard InChI is InChI=1S/C18H39N5O4S/c1-8-18(9-2,23-16(24)27-17(5,6)7)14-21-15(19-10-3)20-12-13-22-28(25,26)11-4/h22H,8-14H2,1-7H3,(H,23,24)(H2,19,20,21). The summed E-state index contributed by atoms with van der Waals surface area (Å²) in [6.07, 6.45) is 0.933. The number of alkyl carbamates (subject to hydrolysis) is 1. The van der Waals surface area contributed by atoms with Gasteiger partial charge in [0.1, 0.15) is 5.60 Å². The number of sulfonamides is 1. The van der Waals surface area contributed by atoms with E-state index >= 15 is 0 Å².